The van der Waals surface area contributed by atoms with Crippen molar-refractivity contribution >= 4 is 21.5 Å². The van der Waals surface area contributed by atoms with Gasteiger partial charge in [0.15, 0.2) is 0 Å². The molecule has 7 heteroatoms. The van der Waals surface area contributed by atoms with Crippen LogP contribution in [0.4, 0.5) is 10.1 Å². The minimum Gasteiger partial charge on any atom is -0.478 e. The van der Waals surface area contributed by atoms with Crippen LogP contribution in [0.25, 0.3) is 0 Å². The Kier molecular flexibility index (Phi) is 4.28. The average Bonchev–Trinajstić information content (AvgIpc) is 2.24. The van der Waals surface area contributed by atoms with Crippen LogP contribution >= 0.6 is 0 Å². The van der Waals surface area contributed by atoms with Gasteiger partial charge in [0, 0.05) is 25.5 Å². The predicted octanol–water partition coefficient (Wildman–Crippen LogP) is 1.00. The van der Waals surface area contributed by atoms with Gasteiger partial charge in [0.05, 0.1) is 11.3 Å². The van der Waals surface area contributed by atoms with E-state index < -0.39 is 27.2 Å². The zero-order valence-electron chi connectivity index (χ0n) is 10.1. The van der Waals surface area contributed by atoms with Crippen molar-refractivity contribution in [1.29, 1.82) is 0 Å². The van der Waals surface area contributed by atoms with E-state index in [9.17, 15) is 17.6 Å². The summed E-state index contributed by atoms with van der Waals surface area (Å²) >= 11 is 0. The van der Waals surface area contributed by atoms with Crippen LogP contribution in [0.5, 0.6) is 0 Å². The highest BCUT2D eigenvalue weighted by Crippen LogP contribution is 2.17. The molecule has 0 spiro atoms. The van der Waals surface area contributed by atoms with Crippen molar-refractivity contribution < 1.29 is 22.7 Å². The quantitative estimate of drug-likeness (QED) is 0.868. The summed E-state index contributed by atoms with van der Waals surface area (Å²) in [4.78, 5) is 12.2. The lowest BCUT2D eigenvalue weighted by Gasteiger charge is -2.19. The Bertz CT molecular complexity index is 556. The number of rotatable bonds is 5. The molecular formula is C11H14FNO4S. The fourth-order valence-corrected chi connectivity index (χ4v) is 1.95. The van der Waals surface area contributed by atoms with Crippen LogP contribution < -0.4 is 4.90 Å². The maximum atomic E-state index is 13.4. The smallest absolute Gasteiger partial charge is 0.338 e. The first kappa shape index (κ1) is 14.4. The topological polar surface area (TPSA) is 74.7 Å². The summed E-state index contributed by atoms with van der Waals surface area (Å²) in [7, 11) is -1.48. The van der Waals surface area contributed by atoms with Crippen molar-refractivity contribution in [3.63, 3.8) is 0 Å². The largest absolute Gasteiger partial charge is 0.478 e. The van der Waals surface area contributed by atoms with Gasteiger partial charge in [-0.05, 0) is 18.2 Å². The lowest BCUT2D eigenvalue weighted by molar-refractivity contribution is 0.0692. The summed E-state index contributed by atoms with van der Waals surface area (Å²) < 4.78 is 35.4. The number of aromatic carboxylic acids is 1. The molecule has 0 amide bonds. The van der Waals surface area contributed by atoms with Crippen LogP contribution in [0.1, 0.15) is 10.4 Å². The first-order valence-corrected chi connectivity index (χ1v) is 7.18. The van der Waals surface area contributed by atoms with Gasteiger partial charge < -0.3 is 10.0 Å². The summed E-state index contributed by atoms with van der Waals surface area (Å²) in [6, 6.07) is 3.67. The van der Waals surface area contributed by atoms with E-state index in [0.29, 0.717) is 5.69 Å². The molecule has 100 valence electrons. The standard InChI is InChI=1S/C11H14FNO4S/c1-13(5-6-18(2,16)17)8-3-4-9(11(14)15)10(12)7-8/h3-4,7H,5-6H2,1-2H3,(H,14,15). The molecule has 0 saturated heterocycles. The highest BCUT2D eigenvalue weighted by atomic mass is 32.2. The number of nitrogens with zero attached hydrogens (tertiary/aromatic N) is 1. The molecule has 0 bridgehead atoms. The Morgan fingerprint density at radius 3 is 2.50 bits per heavy atom. The Hall–Kier alpha value is -1.63. The molecule has 0 unspecified atom stereocenters. The first-order valence-electron chi connectivity index (χ1n) is 5.12. The van der Waals surface area contributed by atoms with Gasteiger partial charge in [0.25, 0.3) is 0 Å². The van der Waals surface area contributed by atoms with Crippen molar-refractivity contribution in [2.24, 2.45) is 0 Å². The SMILES string of the molecule is CN(CCS(C)(=O)=O)c1ccc(C(=O)O)c(F)c1. The molecule has 0 fully saturated rings. The van der Waals surface area contributed by atoms with E-state index in [1.54, 1.807) is 11.9 Å². The number of hydrogen-bond acceptors (Lipinski definition) is 4. The van der Waals surface area contributed by atoms with E-state index in [0.717, 1.165) is 18.4 Å². The predicted molar refractivity (Wildman–Crippen MR) is 66.3 cm³/mol. The molecule has 1 rings (SSSR count). The van der Waals surface area contributed by atoms with Crippen LogP contribution in [-0.2, 0) is 9.84 Å². The molecule has 0 aliphatic heterocycles. The Balaban J connectivity index is 2.85. The van der Waals surface area contributed by atoms with E-state index >= 15 is 0 Å². The number of hydrogen-bond donors (Lipinski definition) is 1. The molecule has 1 aromatic rings. The van der Waals surface area contributed by atoms with Crippen LogP contribution in [0, 0.1) is 5.82 Å². The number of anilines is 1. The number of carboxylic acids is 1. The second-order valence-electron chi connectivity index (χ2n) is 4.02. The Morgan fingerprint density at radius 1 is 1.44 bits per heavy atom. The zero-order chi connectivity index (χ0) is 13.9. The molecule has 0 heterocycles. The maximum absolute atomic E-state index is 13.4. The molecule has 18 heavy (non-hydrogen) atoms. The molecular weight excluding hydrogens is 261 g/mol. The highest BCUT2D eigenvalue weighted by Gasteiger charge is 2.12. The van der Waals surface area contributed by atoms with Gasteiger partial charge in [-0.15, -0.1) is 0 Å². The van der Waals surface area contributed by atoms with Gasteiger partial charge >= 0.3 is 5.97 Å². The highest BCUT2D eigenvalue weighted by molar-refractivity contribution is 7.90. The monoisotopic (exact) mass is 275 g/mol. The molecule has 0 aliphatic carbocycles. The molecule has 0 saturated carbocycles. The summed E-state index contributed by atoms with van der Waals surface area (Å²) in [5.41, 5.74) is 0.0245. The summed E-state index contributed by atoms with van der Waals surface area (Å²) in [5, 5.41) is 8.67. The number of benzene rings is 1. The number of carboxylic acid groups (broad SMARTS) is 1. The van der Waals surface area contributed by atoms with Gasteiger partial charge in [-0.3, -0.25) is 0 Å². The van der Waals surface area contributed by atoms with Crippen molar-refractivity contribution in [2.45, 2.75) is 0 Å². The maximum Gasteiger partial charge on any atom is 0.338 e. The molecule has 1 aromatic carbocycles. The summed E-state index contributed by atoms with van der Waals surface area (Å²) in [6.45, 7) is 0.213. The Morgan fingerprint density at radius 2 is 2.06 bits per heavy atom. The molecule has 1 N–H and O–H groups in total. The molecule has 0 radical (unpaired) electrons. The molecule has 0 aliphatic rings. The second-order valence-corrected chi connectivity index (χ2v) is 6.28. The Labute approximate surface area is 105 Å². The van der Waals surface area contributed by atoms with E-state index in [2.05, 4.69) is 0 Å². The molecule has 0 aromatic heterocycles. The molecule has 5 nitrogen and oxygen atoms in total. The third kappa shape index (κ3) is 3.99. The van der Waals surface area contributed by atoms with Gasteiger partial charge in [0.1, 0.15) is 15.7 Å². The van der Waals surface area contributed by atoms with Crippen LogP contribution in [0.2, 0.25) is 0 Å². The lowest BCUT2D eigenvalue weighted by Crippen LogP contribution is -2.25. The fraction of sp³-hybridized carbons (Fsp3) is 0.364. The van der Waals surface area contributed by atoms with Crippen molar-refractivity contribution in [3.05, 3.63) is 29.6 Å². The third-order valence-electron chi connectivity index (χ3n) is 2.42. The van der Waals surface area contributed by atoms with Crippen LogP contribution in [-0.4, -0.2) is 45.1 Å². The second kappa shape index (κ2) is 5.34. The third-order valence-corrected chi connectivity index (χ3v) is 3.35. The van der Waals surface area contributed by atoms with Crippen LogP contribution in [0.15, 0.2) is 18.2 Å². The normalized spacial score (nSPS) is 11.3. The number of halogens is 1. The van der Waals surface area contributed by atoms with E-state index in [1.165, 1.54) is 6.07 Å². The van der Waals surface area contributed by atoms with Gasteiger partial charge in [-0.25, -0.2) is 17.6 Å². The van der Waals surface area contributed by atoms with Gasteiger partial charge in [-0.1, -0.05) is 0 Å². The lowest BCUT2D eigenvalue weighted by atomic mass is 10.2. The zero-order valence-corrected chi connectivity index (χ0v) is 10.9. The minimum absolute atomic E-state index is 0.0498. The molecule has 0 atom stereocenters. The minimum atomic E-state index is -3.09. The fourth-order valence-electron chi connectivity index (χ4n) is 1.35. The number of carbonyl (C=O) groups is 1. The number of sulfone groups is 1. The van der Waals surface area contributed by atoms with Gasteiger partial charge in [0.2, 0.25) is 0 Å². The van der Waals surface area contributed by atoms with Crippen molar-refractivity contribution in [1.82, 2.24) is 0 Å². The van der Waals surface area contributed by atoms with E-state index in [4.69, 9.17) is 5.11 Å². The average molecular weight is 275 g/mol. The van der Waals surface area contributed by atoms with Gasteiger partial charge in [-0.2, -0.15) is 0 Å². The first-order chi connectivity index (χ1) is 8.20. The van der Waals surface area contributed by atoms with Crippen molar-refractivity contribution in [3.8, 4) is 0 Å². The van der Waals surface area contributed by atoms with E-state index in [-0.39, 0.29) is 12.3 Å². The summed E-state index contributed by atoms with van der Waals surface area (Å²) in [5.74, 6) is -2.23. The summed E-state index contributed by atoms with van der Waals surface area (Å²) in [6.07, 6.45) is 1.12. The van der Waals surface area contributed by atoms with Crippen LogP contribution in [0.3, 0.4) is 0 Å². The van der Waals surface area contributed by atoms with Crippen molar-refractivity contribution in [2.75, 3.05) is 30.5 Å². The van der Waals surface area contributed by atoms with E-state index in [1.807, 2.05) is 0 Å².